The highest BCUT2D eigenvalue weighted by Crippen LogP contribution is 2.46. The summed E-state index contributed by atoms with van der Waals surface area (Å²) < 4.78 is 5.89. The van der Waals surface area contributed by atoms with E-state index in [0.29, 0.717) is 40.9 Å². The fourth-order valence-electron chi connectivity index (χ4n) is 3.15. The minimum Gasteiger partial charge on any atom is -0.512 e. The molecule has 0 amide bonds. The molecular weight excluding hydrogens is 324 g/mol. The van der Waals surface area contributed by atoms with Crippen molar-refractivity contribution in [2.45, 2.75) is 31.6 Å². The minimum absolute atomic E-state index is 0.0121. The van der Waals surface area contributed by atoms with E-state index in [1.165, 1.54) is 0 Å². The molecule has 24 heavy (non-hydrogen) atoms. The van der Waals surface area contributed by atoms with Gasteiger partial charge in [-0.1, -0.05) is 17.7 Å². The number of carbonyl (C=O) groups is 1. The van der Waals surface area contributed by atoms with Gasteiger partial charge in [0.2, 0.25) is 0 Å². The van der Waals surface area contributed by atoms with Gasteiger partial charge in [0.05, 0.1) is 5.57 Å². The van der Waals surface area contributed by atoms with E-state index < -0.39 is 0 Å². The molecule has 3 nitrogen and oxygen atoms in total. The average molecular weight is 341 g/mol. The monoisotopic (exact) mass is 340 g/mol. The van der Waals surface area contributed by atoms with Gasteiger partial charge < -0.3 is 9.84 Å². The van der Waals surface area contributed by atoms with Gasteiger partial charge in [0.1, 0.15) is 17.3 Å². The van der Waals surface area contributed by atoms with Crippen LogP contribution in [-0.2, 0) is 4.79 Å². The number of benzene rings is 2. The number of ether oxygens (including phenoxy) is 1. The van der Waals surface area contributed by atoms with Crippen LogP contribution in [0.3, 0.4) is 0 Å². The lowest BCUT2D eigenvalue weighted by Gasteiger charge is -2.13. The maximum Gasteiger partial charge on any atom is 0.167 e. The van der Waals surface area contributed by atoms with Crippen LogP contribution in [0, 0.1) is 0 Å². The third kappa shape index (κ3) is 2.92. The second kappa shape index (κ2) is 5.99. The molecule has 1 N–H and O–H groups in total. The Kier molecular flexibility index (Phi) is 3.81. The predicted molar refractivity (Wildman–Crippen MR) is 93.7 cm³/mol. The Hall–Kier alpha value is -2.26. The van der Waals surface area contributed by atoms with Crippen LogP contribution >= 0.6 is 11.6 Å². The van der Waals surface area contributed by atoms with Crippen LogP contribution in [0.4, 0.5) is 0 Å². The number of Topliss-reactive ketones (excluding diaryl/α,β-unsaturated/α-hetero) is 1. The lowest BCUT2D eigenvalue weighted by Crippen LogP contribution is -2.01. The van der Waals surface area contributed by atoms with Gasteiger partial charge >= 0.3 is 0 Å². The zero-order valence-corrected chi connectivity index (χ0v) is 13.8. The number of carbonyl (C=O) groups excluding carboxylic acids is 1. The standard InChI is InChI=1S/C20H17ClO3/c21-13-3-5-14(6-4-13)24-15-7-8-16(12-1-2-12)17(11-15)20-18(22)9-10-19(20)23/h3-8,11-12,22H,1-2,9-10H2. The number of ketones is 1. The molecule has 0 heterocycles. The molecule has 0 aliphatic heterocycles. The second-order valence-electron chi connectivity index (χ2n) is 6.32. The van der Waals surface area contributed by atoms with Gasteiger partial charge in [-0.3, -0.25) is 4.79 Å². The third-order valence-corrected chi connectivity index (χ3v) is 4.77. The lowest BCUT2D eigenvalue weighted by molar-refractivity contribution is -0.113. The van der Waals surface area contributed by atoms with E-state index in [1.54, 1.807) is 24.3 Å². The van der Waals surface area contributed by atoms with Crippen LogP contribution in [0.2, 0.25) is 5.02 Å². The number of rotatable bonds is 4. The molecule has 2 aromatic rings. The number of allylic oxidation sites excluding steroid dienone is 2. The van der Waals surface area contributed by atoms with Gasteiger partial charge in [-0.15, -0.1) is 0 Å². The summed E-state index contributed by atoms with van der Waals surface area (Å²) in [4.78, 5) is 12.2. The Morgan fingerprint density at radius 3 is 2.33 bits per heavy atom. The highest BCUT2D eigenvalue weighted by atomic mass is 35.5. The molecule has 0 atom stereocenters. The van der Waals surface area contributed by atoms with E-state index in [0.717, 1.165) is 24.0 Å². The van der Waals surface area contributed by atoms with Crippen LogP contribution in [0.5, 0.6) is 11.5 Å². The molecule has 0 bridgehead atoms. The maximum atomic E-state index is 12.2. The van der Waals surface area contributed by atoms with Crippen molar-refractivity contribution in [3.8, 4) is 11.5 Å². The van der Waals surface area contributed by atoms with Crippen LogP contribution < -0.4 is 4.74 Å². The van der Waals surface area contributed by atoms with Crippen LogP contribution in [0.1, 0.15) is 42.7 Å². The minimum atomic E-state index is 0.0121. The Morgan fingerprint density at radius 2 is 1.71 bits per heavy atom. The number of hydrogen-bond acceptors (Lipinski definition) is 3. The largest absolute Gasteiger partial charge is 0.512 e. The summed E-state index contributed by atoms with van der Waals surface area (Å²) in [7, 11) is 0. The summed E-state index contributed by atoms with van der Waals surface area (Å²) in [5.41, 5.74) is 2.43. The molecule has 0 saturated heterocycles. The van der Waals surface area contributed by atoms with Gasteiger partial charge in [0.25, 0.3) is 0 Å². The van der Waals surface area contributed by atoms with Gasteiger partial charge in [-0.25, -0.2) is 0 Å². The zero-order chi connectivity index (χ0) is 16.7. The van der Waals surface area contributed by atoms with E-state index in [1.807, 2.05) is 18.2 Å². The SMILES string of the molecule is O=C1CCC(O)=C1c1cc(Oc2ccc(Cl)cc2)ccc1C1CC1. The fourth-order valence-corrected chi connectivity index (χ4v) is 3.28. The van der Waals surface area contributed by atoms with Crippen molar-refractivity contribution in [1.29, 1.82) is 0 Å². The quantitative estimate of drug-likeness (QED) is 0.783. The number of halogens is 1. The van der Waals surface area contributed by atoms with Gasteiger partial charge in [0.15, 0.2) is 5.78 Å². The van der Waals surface area contributed by atoms with E-state index in [9.17, 15) is 9.90 Å². The molecule has 0 radical (unpaired) electrons. The summed E-state index contributed by atoms with van der Waals surface area (Å²) in [5.74, 6) is 2.03. The number of aliphatic hydroxyl groups is 1. The van der Waals surface area contributed by atoms with Gasteiger partial charge in [-0.2, -0.15) is 0 Å². The fraction of sp³-hybridized carbons (Fsp3) is 0.250. The summed E-state index contributed by atoms with van der Waals surface area (Å²) in [6.07, 6.45) is 3.08. The molecule has 0 unspecified atom stereocenters. The van der Waals surface area contributed by atoms with Crippen molar-refractivity contribution in [3.63, 3.8) is 0 Å². The number of aliphatic hydroxyl groups excluding tert-OH is 1. The molecule has 2 aliphatic rings. The predicted octanol–water partition coefficient (Wildman–Crippen LogP) is 5.64. The van der Waals surface area contributed by atoms with Gasteiger partial charge in [0, 0.05) is 17.9 Å². The summed E-state index contributed by atoms with van der Waals surface area (Å²) in [5, 5.41) is 10.8. The highest BCUT2D eigenvalue weighted by Gasteiger charge is 2.32. The molecule has 0 spiro atoms. The molecule has 2 aromatic carbocycles. The maximum absolute atomic E-state index is 12.2. The Bertz CT molecular complexity index is 832. The normalized spacial score (nSPS) is 17.5. The first kappa shape index (κ1) is 15.3. The number of hydrogen-bond donors (Lipinski definition) is 1. The highest BCUT2D eigenvalue weighted by molar-refractivity contribution is 6.30. The molecule has 1 saturated carbocycles. The Labute approximate surface area is 145 Å². The van der Waals surface area contributed by atoms with Gasteiger partial charge in [-0.05, 0) is 66.3 Å². The Morgan fingerprint density at radius 1 is 1.00 bits per heavy atom. The average Bonchev–Trinajstić information content (AvgIpc) is 3.35. The van der Waals surface area contributed by atoms with E-state index in [4.69, 9.17) is 16.3 Å². The van der Waals surface area contributed by atoms with Crippen molar-refractivity contribution >= 4 is 23.0 Å². The first-order valence-electron chi connectivity index (χ1n) is 8.15. The first-order chi connectivity index (χ1) is 11.6. The zero-order valence-electron chi connectivity index (χ0n) is 13.1. The summed E-state index contributed by atoms with van der Waals surface area (Å²) in [6.45, 7) is 0. The van der Waals surface area contributed by atoms with Crippen LogP contribution in [0.15, 0.2) is 48.2 Å². The van der Waals surface area contributed by atoms with Crippen molar-refractivity contribution in [2.75, 3.05) is 0 Å². The van der Waals surface area contributed by atoms with Crippen LogP contribution in [-0.4, -0.2) is 10.9 Å². The molecule has 4 heteroatoms. The summed E-state index contributed by atoms with van der Waals surface area (Å²) >= 11 is 5.89. The Balaban J connectivity index is 1.72. The van der Waals surface area contributed by atoms with Crippen molar-refractivity contribution in [1.82, 2.24) is 0 Å². The lowest BCUT2D eigenvalue weighted by atomic mass is 9.95. The molecule has 4 rings (SSSR count). The van der Waals surface area contributed by atoms with Crippen molar-refractivity contribution < 1.29 is 14.6 Å². The molecular formula is C20H17ClO3. The van der Waals surface area contributed by atoms with Crippen molar-refractivity contribution in [3.05, 3.63) is 64.4 Å². The van der Waals surface area contributed by atoms with E-state index in [2.05, 4.69) is 0 Å². The summed E-state index contributed by atoms with van der Waals surface area (Å²) in [6, 6.07) is 12.9. The third-order valence-electron chi connectivity index (χ3n) is 4.52. The molecule has 1 fully saturated rings. The van der Waals surface area contributed by atoms with E-state index in [-0.39, 0.29) is 11.5 Å². The molecule has 122 valence electrons. The van der Waals surface area contributed by atoms with Crippen LogP contribution in [0.25, 0.3) is 5.57 Å². The smallest absolute Gasteiger partial charge is 0.167 e. The molecule has 0 aromatic heterocycles. The first-order valence-corrected chi connectivity index (χ1v) is 8.52. The second-order valence-corrected chi connectivity index (χ2v) is 6.76. The topological polar surface area (TPSA) is 46.5 Å². The van der Waals surface area contributed by atoms with Crippen molar-refractivity contribution in [2.24, 2.45) is 0 Å². The van der Waals surface area contributed by atoms with E-state index >= 15 is 0 Å². The molecule has 2 aliphatic carbocycles.